The second-order valence-corrected chi connectivity index (χ2v) is 7.63. The van der Waals surface area contributed by atoms with Gasteiger partial charge in [0.1, 0.15) is 5.75 Å². The van der Waals surface area contributed by atoms with Gasteiger partial charge in [0.15, 0.2) is 12.4 Å². The standard InChI is InChI=1S/C24H18Cl2N4O2/c25-19-9-4-16(13-20(19)26)14-29-23(31)15-32-18-7-5-17(6-8-18)24-28-12-10-22(30-24)21-3-1-2-11-27-21/h1-13H,14-15H2,(H,29,31). The summed E-state index contributed by atoms with van der Waals surface area (Å²) < 4.78 is 5.57. The maximum atomic E-state index is 12.1. The number of hydrogen-bond acceptors (Lipinski definition) is 5. The van der Waals surface area contributed by atoms with Gasteiger partial charge < -0.3 is 10.1 Å². The number of pyridine rings is 1. The first kappa shape index (κ1) is 21.7. The summed E-state index contributed by atoms with van der Waals surface area (Å²) in [4.78, 5) is 25.3. The lowest BCUT2D eigenvalue weighted by Gasteiger charge is -2.09. The summed E-state index contributed by atoms with van der Waals surface area (Å²) in [5.41, 5.74) is 3.21. The molecule has 0 spiro atoms. The third-order valence-electron chi connectivity index (χ3n) is 4.54. The second kappa shape index (κ2) is 10.2. The molecule has 0 unspecified atom stereocenters. The largest absolute Gasteiger partial charge is 0.484 e. The molecule has 160 valence electrons. The molecule has 0 aliphatic carbocycles. The lowest BCUT2D eigenvalue weighted by atomic mass is 10.2. The number of carbonyl (C=O) groups is 1. The number of amides is 1. The van der Waals surface area contributed by atoms with Crippen molar-refractivity contribution in [2.24, 2.45) is 0 Å². The highest BCUT2D eigenvalue weighted by atomic mass is 35.5. The molecule has 1 amide bonds. The molecule has 0 aliphatic rings. The van der Waals surface area contributed by atoms with E-state index in [1.165, 1.54) is 0 Å². The maximum Gasteiger partial charge on any atom is 0.258 e. The first-order valence-corrected chi connectivity index (χ1v) is 10.5. The van der Waals surface area contributed by atoms with Crippen LogP contribution in [0.4, 0.5) is 0 Å². The lowest BCUT2D eigenvalue weighted by Crippen LogP contribution is -2.28. The maximum absolute atomic E-state index is 12.1. The summed E-state index contributed by atoms with van der Waals surface area (Å²) >= 11 is 11.9. The Kier molecular flexibility index (Phi) is 6.94. The molecular weight excluding hydrogens is 447 g/mol. The Morgan fingerprint density at radius 1 is 0.875 bits per heavy atom. The smallest absolute Gasteiger partial charge is 0.258 e. The molecule has 0 radical (unpaired) electrons. The first-order chi connectivity index (χ1) is 15.6. The van der Waals surface area contributed by atoms with Gasteiger partial charge in [-0.05, 0) is 60.2 Å². The molecule has 6 nitrogen and oxygen atoms in total. The molecule has 0 aliphatic heterocycles. The molecule has 0 bridgehead atoms. The van der Waals surface area contributed by atoms with Crippen LogP contribution in [0, 0.1) is 0 Å². The van der Waals surface area contributed by atoms with Crippen molar-refractivity contribution in [1.29, 1.82) is 0 Å². The molecule has 0 saturated carbocycles. The van der Waals surface area contributed by atoms with Crippen LogP contribution in [-0.2, 0) is 11.3 Å². The van der Waals surface area contributed by atoms with Crippen LogP contribution in [0.3, 0.4) is 0 Å². The van der Waals surface area contributed by atoms with E-state index in [0.29, 0.717) is 28.2 Å². The highest BCUT2D eigenvalue weighted by Crippen LogP contribution is 2.23. The molecule has 2 heterocycles. The third kappa shape index (κ3) is 5.60. The molecule has 2 aromatic heterocycles. The number of benzene rings is 2. The van der Waals surface area contributed by atoms with E-state index in [2.05, 4.69) is 20.3 Å². The number of halogens is 2. The fraction of sp³-hybridized carbons (Fsp3) is 0.0833. The molecule has 0 fully saturated rings. The highest BCUT2D eigenvalue weighted by Gasteiger charge is 2.08. The summed E-state index contributed by atoms with van der Waals surface area (Å²) in [5, 5.41) is 3.71. The normalized spacial score (nSPS) is 10.6. The lowest BCUT2D eigenvalue weighted by molar-refractivity contribution is -0.123. The van der Waals surface area contributed by atoms with Crippen molar-refractivity contribution in [3.63, 3.8) is 0 Å². The summed E-state index contributed by atoms with van der Waals surface area (Å²) in [6, 6.07) is 20.0. The van der Waals surface area contributed by atoms with E-state index in [0.717, 1.165) is 22.5 Å². The fourth-order valence-corrected chi connectivity index (χ4v) is 3.23. The molecular formula is C24H18Cl2N4O2. The van der Waals surface area contributed by atoms with Crippen LogP contribution in [0.1, 0.15) is 5.56 Å². The number of aromatic nitrogens is 3. The van der Waals surface area contributed by atoms with Crippen LogP contribution >= 0.6 is 23.2 Å². The van der Waals surface area contributed by atoms with Gasteiger partial charge in [0, 0.05) is 24.5 Å². The number of nitrogens with one attached hydrogen (secondary N) is 1. The van der Waals surface area contributed by atoms with E-state index in [1.807, 2.05) is 36.4 Å². The Labute approximate surface area is 195 Å². The minimum Gasteiger partial charge on any atom is -0.484 e. The van der Waals surface area contributed by atoms with Crippen LogP contribution in [-0.4, -0.2) is 27.5 Å². The SMILES string of the molecule is O=C(COc1ccc(-c2nccc(-c3ccccn3)n2)cc1)NCc1ccc(Cl)c(Cl)c1. The molecule has 4 rings (SSSR count). The van der Waals surface area contributed by atoms with Crippen LogP contribution < -0.4 is 10.1 Å². The van der Waals surface area contributed by atoms with Crippen molar-refractivity contribution in [2.45, 2.75) is 6.54 Å². The molecule has 8 heteroatoms. The van der Waals surface area contributed by atoms with Gasteiger partial charge in [-0.25, -0.2) is 9.97 Å². The van der Waals surface area contributed by atoms with Gasteiger partial charge in [-0.3, -0.25) is 9.78 Å². The van der Waals surface area contributed by atoms with Crippen molar-refractivity contribution in [2.75, 3.05) is 6.61 Å². The molecule has 0 atom stereocenters. The van der Waals surface area contributed by atoms with Gasteiger partial charge in [0.2, 0.25) is 0 Å². The molecule has 32 heavy (non-hydrogen) atoms. The summed E-state index contributed by atoms with van der Waals surface area (Å²) in [5.74, 6) is 0.907. The minimum absolute atomic E-state index is 0.105. The highest BCUT2D eigenvalue weighted by molar-refractivity contribution is 6.42. The van der Waals surface area contributed by atoms with Crippen molar-refractivity contribution in [1.82, 2.24) is 20.3 Å². The molecule has 4 aromatic rings. The number of rotatable bonds is 7. The Balaban J connectivity index is 1.33. The van der Waals surface area contributed by atoms with Crippen LogP contribution in [0.15, 0.2) is 79.1 Å². The minimum atomic E-state index is -0.244. The average Bonchev–Trinajstić information content (AvgIpc) is 2.84. The quantitative estimate of drug-likeness (QED) is 0.406. The Bertz CT molecular complexity index is 1220. The van der Waals surface area contributed by atoms with E-state index in [1.54, 1.807) is 42.7 Å². The van der Waals surface area contributed by atoms with Gasteiger partial charge in [-0.2, -0.15) is 0 Å². The van der Waals surface area contributed by atoms with Gasteiger partial charge in [-0.15, -0.1) is 0 Å². The molecule has 2 aromatic carbocycles. The van der Waals surface area contributed by atoms with Gasteiger partial charge >= 0.3 is 0 Å². The monoisotopic (exact) mass is 464 g/mol. The number of nitrogens with zero attached hydrogens (tertiary/aromatic N) is 3. The van der Waals surface area contributed by atoms with Crippen LogP contribution in [0.2, 0.25) is 10.0 Å². The summed E-state index contributed by atoms with van der Waals surface area (Å²) in [6.07, 6.45) is 3.43. The average molecular weight is 465 g/mol. The number of hydrogen-bond donors (Lipinski definition) is 1. The number of carbonyl (C=O) groups excluding carboxylic acids is 1. The van der Waals surface area contributed by atoms with E-state index in [4.69, 9.17) is 27.9 Å². The van der Waals surface area contributed by atoms with Gasteiger partial charge in [0.25, 0.3) is 5.91 Å². The van der Waals surface area contributed by atoms with E-state index < -0.39 is 0 Å². The third-order valence-corrected chi connectivity index (χ3v) is 5.28. The van der Waals surface area contributed by atoms with Crippen molar-refractivity contribution in [3.05, 3.63) is 94.7 Å². The van der Waals surface area contributed by atoms with E-state index in [-0.39, 0.29) is 12.5 Å². The van der Waals surface area contributed by atoms with Gasteiger partial charge in [-0.1, -0.05) is 35.3 Å². The topological polar surface area (TPSA) is 77.0 Å². The van der Waals surface area contributed by atoms with Crippen molar-refractivity contribution < 1.29 is 9.53 Å². The van der Waals surface area contributed by atoms with Crippen molar-refractivity contribution >= 4 is 29.1 Å². The van der Waals surface area contributed by atoms with Gasteiger partial charge in [0.05, 0.1) is 21.4 Å². The fourth-order valence-electron chi connectivity index (χ4n) is 2.91. The Hall–Kier alpha value is -3.48. The Morgan fingerprint density at radius 3 is 2.47 bits per heavy atom. The zero-order valence-corrected chi connectivity index (χ0v) is 18.3. The summed E-state index contributed by atoms with van der Waals surface area (Å²) in [7, 11) is 0. The van der Waals surface area contributed by atoms with Crippen LogP contribution in [0.5, 0.6) is 5.75 Å². The second-order valence-electron chi connectivity index (χ2n) is 6.82. The molecule has 1 N–H and O–H groups in total. The zero-order valence-electron chi connectivity index (χ0n) is 16.8. The summed E-state index contributed by atoms with van der Waals surface area (Å²) in [6.45, 7) is 0.230. The van der Waals surface area contributed by atoms with Crippen LogP contribution in [0.25, 0.3) is 22.8 Å². The van der Waals surface area contributed by atoms with E-state index >= 15 is 0 Å². The molecule has 0 saturated heterocycles. The van der Waals surface area contributed by atoms with E-state index in [9.17, 15) is 4.79 Å². The Morgan fingerprint density at radius 2 is 1.72 bits per heavy atom. The predicted molar refractivity (Wildman–Crippen MR) is 125 cm³/mol. The zero-order chi connectivity index (χ0) is 22.3. The van der Waals surface area contributed by atoms with Crippen molar-refractivity contribution in [3.8, 4) is 28.5 Å². The number of ether oxygens (including phenoxy) is 1. The first-order valence-electron chi connectivity index (χ1n) is 9.77. The predicted octanol–water partition coefficient (Wildman–Crippen LogP) is 5.21.